The van der Waals surface area contributed by atoms with E-state index in [4.69, 9.17) is 4.99 Å². The molecule has 6 nitrogen and oxygen atoms in total. The van der Waals surface area contributed by atoms with Crippen LogP contribution in [0.3, 0.4) is 0 Å². The molecule has 7 heteroatoms. The zero-order chi connectivity index (χ0) is 17.8. The molecule has 0 spiro atoms. The third-order valence-electron chi connectivity index (χ3n) is 4.57. The molecule has 0 radical (unpaired) electrons. The van der Waals surface area contributed by atoms with E-state index in [0.717, 1.165) is 38.3 Å². The van der Waals surface area contributed by atoms with Crippen LogP contribution < -0.4 is 16.0 Å². The molecular weight excluding hydrogens is 431 g/mol. The van der Waals surface area contributed by atoms with E-state index in [0.29, 0.717) is 13.0 Å². The van der Waals surface area contributed by atoms with Gasteiger partial charge in [-0.3, -0.25) is 9.79 Å². The van der Waals surface area contributed by atoms with Crippen LogP contribution >= 0.6 is 24.0 Å². The predicted molar refractivity (Wildman–Crippen MR) is 115 cm³/mol. The Hall–Kier alpha value is -0.570. The van der Waals surface area contributed by atoms with Crippen molar-refractivity contribution in [3.05, 3.63) is 0 Å². The summed E-state index contributed by atoms with van der Waals surface area (Å²) in [6.45, 7) is 8.28. The minimum Gasteiger partial charge on any atom is -0.396 e. The van der Waals surface area contributed by atoms with Crippen molar-refractivity contribution in [3.63, 3.8) is 0 Å². The number of guanidine groups is 1. The molecule has 25 heavy (non-hydrogen) atoms. The highest BCUT2D eigenvalue weighted by molar-refractivity contribution is 14.0. The lowest BCUT2D eigenvalue weighted by Gasteiger charge is -2.35. The summed E-state index contributed by atoms with van der Waals surface area (Å²) in [4.78, 5) is 16.4. The molecule has 0 aliphatic heterocycles. The molecule has 0 unspecified atom stereocenters. The van der Waals surface area contributed by atoms with Crippen LogP contribution in [0.1, 0.15) is 65.7 Å². The number of aliphatic imine (C=N–C) groups is 1. The largest absolute Gasteiger partial charge is 0.396 e. The topological polar surface area (TPSA) is 85.8 Å². The number of nitrogens with zero attached hydrogens (tertiary/aromatic N) is 1. The average Bonchev–Trinajstić information content (AvgIpc) is 2.53. The second kappa shape index (κ2) is 13.6. The van der Waals surface area contributed by atoms with Crippen molar-refractivity contribution in [1.29, 1.82) is 0 Å². The molecule has 1 fully saturated rings. The molecule has 1 rings (SSSR count). The lowest BCUT2D eigenvalue weighted by molar-refractivity contribution is -0.121. The lowest BCUT2D eigenvalue weighted by Crippen LogP contribution is -2.41. The second-order valence-electron chi connectivity index (χ2n) is 7.13. The molecule has 1 aliphatic carbocycles. The summed E-state index contributed by atoms with van der Waals surface area (Å²) in [5, 5.41) is 18.8. The Morgan fingerprint density at radius 2 is 1.88 bits per heavy atom. The third kappa shape index (κ3) is 10.2. The highest BCUT2D eigenvalue weighted by atomic mass is 127. The van der Waals surface area contributed by atoms with Crippen LogP contribution in [0.15, 0.2) is 4.99 Å². The Kier molecular flexibility index (Phi) is 13.3. The smallest absolute Gasteiger partial charge is 0.221 e. The molecule has 1 amide bonds. The van der Waals surface area contributed by atoms with E-state index in [1.807, 2.05) is 20.8 Å². The van der Waals surface area contributed by atoms with Gasteiger partial charge in [0.15, 0.2) is 5.96 Å². The van der Waals surface area contributed by atoms with Gasteiger partial charge in [-0.1, -0.05) is 19.3 Å². The van der Waals surface area contributed by atoms with Gasteiger partial charge < -0.3 is 21.1 Å². The number of rotatable bonds is 9. The van der Waals surface area contributed by atoms with Crippen LogP contribution in [0.5, 0.6) is 0 Å². The van der Waals surface area contributed by atoms with Gasteiger partial charge in [-0.25, -0.2) is 0 Å². The number of carbonyl (C=O) groups excluding carboxylic acids is 1. The van der Waals surface area contributed by atoms with E-state index in [9.17, 15) is 9.90 Å². The first-order valence-electron chi connectivity index (χ1n) is 9.44. The number of hydrogen-bond acceptors (Lipinski definition) is 3. The lowest BCUT2D eigenvalue weighted by atomic mass is 9.72. The first kappa shape index (κ1) is 24.4. The zero-order valence-corrected chi connectivity index (χ0v) is 18.4. The van der Waals surface area contributed by atoms with Crippen molar-refractivity contribution in [2.24, 2.45) is 10.4 Å². The van der Waals surface area contributed by atoms with Gasteiger partial charge in [-0.15, -0.1) is 24.0 Å². The van der Waals surface area contributed by atoms with Gasteiger partial charge in [0, 0.05) is 38.7 Å². The van der Waals surface area contributed by atoms with Crippen molar-refractivity contribution < 1.29 is 9.90 Å². The highest BCUT2D eigenvalue weighted by Gasteiger charge is 2.31. The van der Waals surface area contributed by atoms with Gasteiger partial charge in [0.05, 0.1) is 0 Å². The molecule has 1 saturated carbocycles. The van der Waals surface area contributed by atoms with Gasteiger partial charge in [-0.2, -0.15) is 0 Å². The summed E-state index contributed by atoms with van der Waals surface area (Å²) < 4.78 is 0. The summed E-state index contributed by atoms with van der Waals surface area (Å²) in [5.41, 5.74) is 0.143. The summed E-state index contributed by atoms with van der Waals surface area (Å²) >= 11 is 0. The summed E-state index contributed by atoms with van der Waals surface area (Å²) in [7, 11) is 0. The van der Waals surface area contributed by atoms with Crippen molar-refractivity contribution in [2.45, 2.75) is 71.8 Å². The minimum absolute atomic E-state index is 0. The maximum atomic E-state index is 11.7. The molecule has 0 saturated heterocycles. The minimum atomic E-state index is 0. The first-order valence-corrected chi connectivity index (χ1v) is 9.44. The van der Waals surface area contributed by atoms with Crippen LogP contribution in [-0.2, 0) is 4.79 Å². The van der Waals surface area contributed by atoms with Crippen LogP contribution in [-0.4, -0.2) is 49.3 Å². The maximum Gasteiger partial charge on any atom is 0.221 e. The second-order valence-corrected chi connectivity index (χ2v) is 7.13. The molecule has 0 atom stereocenters. The number of hydrogen-bond donors (Lipinski definition) is 4. The third-order valence-corrected chi connectivity index (χ3v) is 4.57. The Bertz CT molecular complexity index is 391. The molecular formula is C18H37IN4O2. The zero-order valence-electron chi connectivity index (χ0n) is 16.1. The normalized spacial score (nSPS) is 16.9. The van der Waals surface area contributed by atoms with E-state index < -0.39 is 0 Å². The molecule has 0 aromatic carbocycles. The first-order chi connectivity index (χ1) is 11.5. The standard InChI is InChI=1S/C18H36N4O2.HI/c1-4-19-17(20-12-8-16(24)22-15(2)3)21-14-18(11-13-23)9-6-5-7-10-18;/h15,23H,4-14H2,1-3H3,(H,22,24)(H2,19,20,21);1H. The number of carbonyl (C=O) groups is 1. The van der Waals surface area contributed by atoms with Crippen molar-refractivity contribution in [1.82, 2.24) is 16.0 Å². The van der Waals surface area contributed by atoms with E-state index in [-0.39, 0.29) is 47.9 Å². The maximum absolute atomic E-state index is 11.7. The van der Waals surface area contributed by atoms with Gasteiger partial charge >= 0.3 is 0 Å². The van der Waals surface area contributed by atoms with Crippen molar-refractivity contribution >= 4 is 35.8 Å². The Morgan fingerprint density at radius 3 is 2.44 bits per heavy atom. The Morgan fingerprint density at radius 1 is 1.20 bits per heavy atom. The van der Waals surface area contributed by atoms with Crippen LogP contribution in [0, 0.1) is 5.41 Å². The number of aliphatic hydroxyl groups is 1. The molecule has 4 N–H and O–H groups in total. The molecule has 0 heterocycles. The quantitative estimate of drug-likeness (QED) is 0.238. The SMILES string of the molecule is CCNC(=NCC1(CCO)CCCCC1)NCCC(=O)NC(C)C.I. The highest BCUT2D eigenvalue weighted by Crippen LogP contribution is 2.39. The fourth-order valence-corrected chi connectivity index (χ4v) is 3.30. The van der Waals surface area contributed by atoms with Gasteiger partial charge in [0.2, 0.25) is 5.91 Å². The fourth-order valence-electron chi connectivity index (χ4n) is 3.30. The number of nitrogens with one attached hydrogen (secondary N) is 3. The van der Waals surface area contributed by atoms with Gasteiger partial charge in [0.1, 0.15) is 0 Å². The molecule has 0 aromatic heterocycles. The van der Waals surface area contributed by atoms with Crippen LogP contribution in [0.25, 0.3) is 0 Å². The molecule has 0 aromatic rings. The summed E-state index contributed by atoms with van der Waals surface area (Å²) in [5.74, 6) is 0.815. The van der Waals surface area contributed by atoms with E-state index >= 15 is 0 Å². The predicted octanol–water partition coefficient (Wildman–Crippen LogP) is 2.41. The number of halogens is 1. The molecule has 0 bridgehead atoms. The average molecular weight is 468 g/mol. The number of aliphatic hydroxyl groups excluding tert-OH is 1. The summed E-state index contributed by atoms with van der Waals surface area (Å²) in [6.07, 6.45) is 7.31. The summed E-state index contributed by atoms with van der Waals surface area (Å²) in [6, 6.07) is 0.170. The fraction of sp³-hybridized carbons (Fsp3) is 0.889. The van der Waals surface area contributed by atoms with E-state index in [1.54, 1.807) is 0 Å². The van der Waals surface area contributed by atoms with E-state index in [1.165, 1.54) is 19.3 Å². The Balaban J connectivity index is 0.00000576. The molecule has 1 aliphatic rings. The van der Waals surface area contributed by atoms with Gasteiger partial charge in [0.25, 0.3) is 0 Å². The van der Waals surface area contributed by atoms with Crippen LogP contribution in [0.2, 0.25) is 0 Å². The van der Waals surface area contributed by atoms with Crippen molar-refractivity contribution in [2.75, 3.05) is 26.2 Å². The van der Waals surface area contributed by atoms with Crippen LogP contribution in [0.4, 0.5) is 0 Å². The van der Waals surface area contributed by atoms with Gasteiger partial charge in [-0.05, 0) is 45.4 Å². The van der Waals surface area contributed by atoms with Crippen molar-refractivity contribution in [3.8, 4) is 0 Å². The Labute approximate surface area is 170 Å². The number of amides is 1. The monoisotopic (exact) mass is 468 g/mol. The van der Waals surface area contributed by atoms with E-state index in [2.05, 4.69) is 16.0 Å². The molecule has 148 valence electrons.